The maximum atomic E-state index is 13.0. The summed E-state index contributed by atoms with van der Waals surface area (Å²) in [6.45, 7) is 1.42. The van der Waals surface area contributed by atoms with Gasteiger partial charge in [-0.3, -0.25) is 0 Å². The number of hydrogen-bond acceptors (Lipinski definition) is 2. The van der Waals surface area contributed by atoms with Crippen molar-refractivity contribution in [3.63, 3.8) is 0 Å². The summed E-state index contributed by atoms with van der Waals surface area (Å²) in [7, 11) is 1.43. The Bertz CT molecular complexity index is 341. The summed E-state index contributed by atoms with van der Waals surface area (Å²) in [5.74, 6) is 0.333. The number of halogens is 1. The van der Waals surface area contributed by atoms with Crippen LogP contribution >= 0.6 is 0 Å². The van der Waals surface area contributed by atoms with E-state index in [9.17, 15) is 4.39 Å². The van der Waals surface area contributed by atoms with Crippen molar-refractivity contribution in [1.29, 1.82) is 5.26 Å². The second-order valence-corrected chi connectivity index (χ2v) is 2.66. The number of benzene rings is 1. The summed E-state index contributed by atoms with van der Waals surface area (Å²) in [6, 6.07) is 6.81. The predicted octanol–water partition coefficient (Wildman–Crippen LogP) is 2.60. The minimum Gasteiger partial charge on any atom is -0.495 e. The van der Waals surface area contributed by atoms with E-state index < -0.39 is 6.17 Å². The molecule has 1 rings (SSSR count). The maximum absolute atomic E-state index is 13.0. The molecule has 2 nitrogen and oxygen atoms in total. The zero-order valence-corrected chi connectivity index (χ0v) is 7.54. The van der Waals surface area contributed by atoms with E-state index in [1.165, 1.54) is 14.0 Å². The van der Waals surface area contributed by atoms with Crippen LogP contribution in [-0.4, -0.2) is 7.11 Å². The number of hydrogen-bond donors (Lipinski definition) is 0. The van der Waals surface area contributed by atoms with Gasteiger partial charge in [-0.1, -0.05) is 12.1 Å². The average Bonchev–Trinajstić information content (AvgIpc) is 2.16. The normalized spacial score (nSPS) is 11.8. The molecule has 1 aromatic carbocycles. The molecular formula is C10H10FNO. The highest BCUT2D eigenvalue weighted by molar-refractivity contribution is 5.49. The molecule has 0 aliphatic rings. The first-order valence-corrected chi connectivity index (χ1v) is 3.91. The van der Waals surface area contributed by atoms with Gasteiger partial charge in [-0.05, 0) is 13.0 Å². The van der Waals surface area contributed by atoms with Gasteiger partial charge in [0.15, 0.2) is 0 Å². The van der Waals surface area contributed by atoms with Crippen molar-refractivity contribution >= 4 is 0 Å². The van der Waals surface area contributed by atoms with Crippen LogP contribution in [0.4, 0.5) is 4.39 Å². The molecule has 68 valence electrons. The smallest absolute Gasteiger partial charge is 0.142 e. The number of rotatable bonds is 2. The van der Waals surface area contributed by atoms with Gasteiger partial charge in [-0.2, -0.15) is 5.26 Å². The first kappa shape index (κ1) is 9.53. The van der Waals surface area contributed by atoms with Gasteiger partial charge in [0.25, 0.3) is 0 Å². The Morgan fingerprint density at radius 3 is 2.69 bits per heavy atom. The molecule has 0 aliphatic carbocycles. The molecule has 0 amide bonds. The third-order valence-corrected chi connectivity index (χ3v) is 1.80. The SMILES string of the molecule is COc1c(C#N)cccc1C(C)F. The van der Waals surface area contributed by atoms with Gasteiger partial charge in [0.05, 0.1) is 12.7 Å². The van der Waals surface area contributed by atoms with E-state index in [0.717, 1.165) is 0 Å². The molecule has 0 heterocycles. The Morgan fingerprint density at radius 1 is 1.54 bits per heavy atom. The van der Waals surface area contributed by atoms with Crippen LogP contribution in [0.5, 0.6) is 5.75 Å². The third-order valence-electron chi connectivity index (χ3n) is 1.80. The van der Waals surface area contributed by atoms with Crippen molar-refractivity contribution in [2.24, 2.45) is 0 Å². The monoisotopic (exact) mass is 179 g/mol. The standard InChI is InChI=1S/C10H10FNO/c1-7(11)9-5-3-4-8(6-12)10(9)13-2/h3-5,7H,1-2H3. The van der Waals surface area contributed by atoms with Crippen LogP contribution in [0.2, 0.25) is 0 Å². The molecule has 1 aromatic rings. The summed E-state index contributed by atoms with van der Waals surface area (Å²) in [5, 5.41) is 8.70. The summed E-state index contributed by atoms with van der Waals surface area (Å²) in [6.07, 6.45) is -1.12. The van der Waals surface area contributed by atoms with Gasteiger partial charge in [0.1, 0.15) is 18.0 Å². The van der Waals surface area contributed by atoms with E-state index in [1.807, 2.05) is 6.07 Å². The van der Waals surface area contributed by atoms with E-state index in [0.29, 0.717) is 16.9 Å². The summed E-state index contributed by atoms with van der Waals surface area (Å²) in [5.41, 5.74) is 0.783. The van der Waals surface area contributed by atoms with Crippen LogP contribution in [-0.2, 0) is 0 Å². The molecule has 0 spiro atoms. The number of ether oxygens (including phenoxy) is 1. The number of nitrogens with zero attached hydrogens (tertiary/aromatic N) is 1. The highest BCUT2D eigenvalue weighted by atomic mass is 19.1. The van der Waals surface area contributed by atoms with Gasteiger partial charge in [0.2, 0.25) is 0 Å². The van der Waals surface area contributed by atoms with Gasteiger partial charge in [-0.15, -0.1) is 0 Å². The molecule has 3 heteroatoms. The molecule has 0 radical (unpaired) electrons. The minimum absolute atomic E-state index is 0.333. The highest BCUT2D eigenvalue weighted by Crippen LogP contribution is 2.30. The zero-order chi connectivity index (χ0) is 9.84. The van der Waals surface area contributed by atoms with E-state index in [1.54, 1.807) is 18.2 Å². The molecular weight excluding hydrogens is 169 g/mol. The second kappa shape index (κ2) is 3.90. The molecule has 1 unspecified atom stereocenters. The molecule has 13 heavy (non-hydrogen) atoms. The number of methoxy groups -OCH3 is 1. The van der Waals surface area contributed by atoms with Crippen molar-refractivity contribution in [1.82, 2.24) is 0 Å². The van der Waals surface area contributed by atoms with E-state index in [2.05, 4.69) is 0 Å². The predicted molar refractivity (Wildman–Crippen MR) is 47.2 cm³/mol. The van der Waals surface area contributed by atoms with Crippen LogP contribution in [0.3, 0.4) is 0 Å². The fourth-order valence-corrected chi connectivity index (χ4v) is 1.18. The van der Waals surface area contributed by atoms with Gasteiger partial charge >= 0.3 is 0 Å². The lowest BCUT2D eigenvalue weighted by Crippen LogP contribution is -1.95. The van der Waals surface area contributed by atoms with Crippen LogP contribution in [0, 0.1) is 11.3 Å². The lowest BCUT2D eigenvalue weighted by atomic mass is 10.1. The van der Waals surface area contributed by atoms with Crippen LogP contribution in [0.1, 0.15) is 24.2 Å². The van der Waals surface area contributed by atoms with Gasteiger partial charge in [-0.25, -0.2) is 4.39 Å². The minimum atomic E-state index is -1.12. The van der Waals surface area contributed by atoms with Crippen LogP contribution in [0.15, 0.2) is 18.2 Å². The Labute approximate surface area is 76.6 Å². The van der Waals surface area contributed by atoms with E-state index in [4.69, 9.17) is 10.00 Å². The van der Waals surface area contributed by atoms with Gasteiger partial charge < -0.3 is 4.74 Å². The van der Waals surface area contributed by atoms with Crippen molar-refractivity contribution in [3.8, 4) is 11.8 Å². The summed E-state index contributed by atoms with van der Waals surface area (Å²) in [4.78, 5) is 0. The number of para-hydroxylation sites is 1. The molecule has 0 saturated carbocycles. The van der Waals surface area contributed by atoms with Crippen molar-refractivity contribution in [2.45, 2.75) is 13.1 Å². The van der Waals surface area contributed by atoms with Crippen molar-refractivity contribution in [3.05, 3.63) is 29.3 Å². The second-order valence-electron chi connectivity index (χ2n) is 2.66. The Balaban J connectivity index is 3.29. The number of alkyl halides is 1. The first-order valence-electron chi connectivity index (χ1n) is 3.91. The topological polar surface area (TPSA) is 33.0 Å². The fraction of sp³-hybridized carbons (Fsp3) is 0.300. The molecule has 0 N–H and O–H groups in total. The lowest BCUT2D eigenvalue weighted by Gasteiger charge is -2.09. The van der Waals surface area contributed by atoms with Crippen LogP contribution in [0.25, 0.3) is 0 Å². The summed E-state index contributed by atoms with van der Waals surface area (Å²) >= 11 is 0. The molecule has 0 aliphatic heterocycles. The molecule has 0 fully saturated rings. The summed E-state index contributed by atoms with van der Waals surface area (Å²) < 4.78 is 18.0. The quantitative estimate of drug-likeness (QED) is 0.699. The van der Waals surface area contributed by atoms with Gasteiger partial charge in [0, 0.05) is 5.56 Å². The Morgan fingerprint density at radius 2 is 2.23 bits per heavy atom. The Hall–Kier alpha value is -1.56. The molecule has 0 saturated heterocycles. The fourth-order valence-electron chi connectivity index (χ4n) is 1.18. The largest absolute Gasteiger partial charge is 0.495 e. The molecule has 0 bridgehead atoms. The number of nitriles is 1. The Kier molecular flexibility index (Phi) is 2.86. The lowest BCUT2D eigenvalue weighted by molar-refractivity contribution is 0.346. The van der Waals surface area contributed by atoms with Crippen molar-refractivity contribution in [2.75, 3.05) is 7.11 Å². The van der Waals surface area contributed by atoms with Crippen molar-refractivity contribution < 1.29 is 9.13 Å². The average molecular weight is 179 g/mol. The maximum Gasteiger partial charge on any atom is 0.142 e. The highest BCUT2D eigenvalue weighted by Gasteiger charge is 2.13. The first-order chi connectivity index (χ1) is 6.20. The zero-order valence-electron chi connectivity index (χ0n) is 7.54. The molecule has 0 aromatic heterocycles. The molecule has 1 atom stereocenters. The van der Waals surface area contributed by atoms with E-state index in [-0.39, 0.29) is 0 Å². The van der Waals surface area contributed by atoms with E-state index >= 15 is 0 Å². The van der Waals surface area contributed by atoms with Crippen LogP contribution < -0.4 is 4.74 Å². The third kappa shape index (κ3) is 1.78.